The Morgan fingerprint density at radius 3 is 2.85 bits per heavy atom. The lowest BCUT2D eigenvalue weighted by molar-refractivity contribution is 0.178. The highest BCUT2D eigenvalue weighted by Gasteiger charge is 2.30. The van der Waals surface area contributed by atoms with E-state index in [1.807, 2.05) is 0 Å². The maximum Gasteiger partial charge on any atom is 0.317 e. The summed E-state index contributed by atoms with van der Waals surface area (Å²) < 4.78 is 31.8. The largest absolute Gasteiger partial charge is 0.339 e. The summed E-state index contributed by atoms with van der Waals surface area (Å²) in [4.78, 5) is 18.4. The Labute approximate surface area is 149 Å². The van der Waals surface area contributed by atoms with Crippen molar-refractivity contribution in [3.05, 3.63) is 47.1 Å². The molecule has 6 nitrogen and oxygen atoms in total. The number of amides is 2. The van der Waals surface area contributed by atoms with E-state index in [9.17, 15) is 13.6 Å². The first-order chi connectivity index (χ1) is 12.6. The molecule has 138 valence electrons. The van der Waals surface area contributed by atoms with E-state index in [0.29, 0.717) is 36.3 Å². The zero-order valence-corrected chi connectivity index (χ0v) is 14.3. The van der Waals surface area contributed by atoms with Gasteiger partial charge in [0.15, 0.2) is 17.5 Å². The number of halogens is 2. The van der Waals surface area contributed by atoms with Crippen LogP contribution in [0.4, 0.5) is 13.6 Å². The van der Waals surface area contributed by atoms with Gasteiger partial charge in [-0.1, -0.05) is 11.2 Å². The second-order valence-electron chi connectivity index (χ2n) is 6.94. The van der Waals surface area contributed by atoms with E-state index in [1.54, 1.807) is 11.0 Å². The van der Waals surface area contributed by atoms with E-state index < -0.39 is 11.6 Å². The summed E-state index contributed by atoms with van der Waals surface area (Å²) in [5, 5.41) is 6.68. The maximum absolute atomic E-state index is 13.5. The van der Waals surface area contributed by atoms with Crippen molar-refractivity contribution in [3.63, 3.8) is 0 Å². The van der Waals surface area contributed by atoms with Crippen molar-refractivity contribution < 1.29 is 18.1 Å². The summed E-state index contributed by atoms with van der Waals surface area (Å²) >= 11 is 0. The van der Waals surface area contributed by atoms with Crippen LogP contribution >= 0.6 is 0 Å². The SMILES string of the molecule is O=C(NCc1noc(C2CC2)n1)N1CCC[C@H](c2ccc(F)c(F)c2)C1. The Hall–Kier alpha value is -2.51. The molecule has 8 heteroatoms. The summed E-state index contributed by atoms with van der Waals surface area (Å²) in [6, 6.07) is 3.73. The van der Waals surface area contributed by atoms with E-state index in [0.717, 1.165) is 31.7 Å². The molecular weight excluding hydrogens is 342 g/mol. The molecular formula is C18H20F2N4O2. The number of benzene rings is 1. The predicted octanol–water partition coefficient (Wildman–Crippen LogP) is 3.31. The molecule has 1 saturated heterocycles. The first-order valence-corrected chi connectivity index (χ1v) is 8.90. The molecule has 1 N–H and O–H groups in total. The summed E-state index contributed by atoms with van der Waals surface area (Å²) in [5.41, 5.74) is 0.716. The zero-order chi connectivity index (χ0) is 18.1. The lowest BCUT2D eigenvalue weighted by Gasteiger charge is -2.33. The molecule has 1 aliphatic carbocycles. The number of rotatable bonds is 4. The molecule has 1 aliphatic heterocycles. The Balaban J connectivity index is 1.34. The second-order valence-corrected chi connectivity index (χ2v) is 6.94. The molecule has 2 heterocycles. The number of likely N-dealkylation sites (tertiary alicyclic amines) is 1. The van der Waals surface area contributed by atoms with Gasteiger partial charge in [0.1, 0.15) is 0 Å². The predicted molar refractivity (Wildman–Crippen MR) is 88.4 cm³/mol. The summed E-state index contributed by atoms with van der Waals surface area (Å²) in [7, 11) is 0. The fourth-order valence-corrected chi connectivity index (χ4v) is 3.30. The average Bonchev–Trinajstić information content (AvgIpc) is 3.40. The van der Waals surface area contributed by atoms with Gasteiger partial charge in [-0.3, -0.25) is 0 Å². The van der Waals surface area contributed by atoms with Crippen LogP contribution in [0.5, 0.6) is 0 Å². The summed E-state index contributed by atoms with van der Waals surface area (Å²) in [5.74, 6) is -0.223. The van der Waals surface area contributed by atoms with Gasteiger partial charge in [0.2, 0.25) is 5.89 Å². The van der Waals surface area contributed by atoms with Crippen LogP contribution in [0.1, 0.15) is 54.8 Å². The van der Waals surface area contributed by atoms with Gasteiger partial charge < -0.3 is 14.7 Å². The van der Waals surface area contributed by atoms with Crippen molar-refractivity contribution in [1.29, 1.82) is 0 Å². The number of hydrogen-bond acceptors (Lipinski definition) is 4. The normalized spacial score (nSPS) is 20.2. The van der Waals surface area contributed by atoms with Gasteiger partial charge >= 0.3 is 6.03 Å². The third-order valence-electron chi connectivity index (χ3n) is 4.93. The van der Waals surface area contributed by atoms with Crippen molar-refractivity contribution in [2.24, 2.45) is 0 Å². The van der Waals surface area contributed by atoms with E-state index in [-0.39, 0.29) is 18.5 Å². The van der Waals surface area contributed by atoms with Gasteiger partial charge in [0, 0.05) is 24.9 Å². The monoisotopic (exact) mass is 362 g/mol. The molecule has 26 heavy (non-hydrogen) atoms. The first-order valence-electron chi connectivity index (χ1n) is 8.90. The molecule has 2 aliphatic rings. The van der Waals surface area contributed by atoms with Crippen molar-refractivity contribution in [3.8, 4) is 0 Å². The minimum absolute atomic E-state index is 0.00348. The molecule has 1 saturated carbocycles. The number of carbonyl (C=O) groups excluding carboxylic acids is 1. The highest BCUT2D eigenvalue weighted by Crippen LogP contribution is 2.38. The van der Waals surface area contributed by atoms with Crippen LogP contribution in [-0.4, -0.2) is 34.2 Å². The third kappa shape index (κ3) is 3.68. The van der Waals surface area contributed by atoms with Crippen molar-refractivity contribution in [2.45, 2.75) is 44.1 Å². The van der Waals surface area contributed by atoms with E-state index in [4.69, 9.17) is 4.52 Å². The fourth-order valence-electron chi connectivity index (χ4n) is 3.30. The second kappa shape index (κ2) is 7.01. The van der Waals surface area contributed by atoms with Gasteiger partial charge in [-0.15, -0.1) is 0 Å². The molecule has 2 amide bonds. The maximum atomic E-state index is 13.5. The highest BCUT2D eigenvalue weighted by atomic mass is 19.2. The van der Waals surface area contributed by atoms with Gasteiger partial charge in [0.05, 0.1) is 6.54 Å². The van der Waals surface area contributed by atoms with Gasteiger partial charge in [-0.25, -0.2) is 13.6 Å². The number of urea groups is 1. The van der Waals surface area contributed by atoms with Crippen molar-refractivity contribution in [2.75, 3.05) is 13.1 Å². The van der Waals surface area contributed by atoms with Gasteiger partial charge in [-0.05, 0) is 43.4 Å². The van der Waals surface area contributed by atoms with E-state index in [1.165, 1.54) is 6.07 Å². The Kier molecular flexibility index (Phi) is 4.57. The molecule has 2 aromatic rings. The average molecular weight is 362 g/mol. The van der Waals surface area contributed by atoms with Crippen LogP contribution in [-0.2, 0) is 6.54 Å². The molecule has 0 radical (unpaired) electrons. The third-order valence-corrected chi connectivity index (χ3v) is 4.93. The number of nitrogens with zero attached hydrogens (tertiary/aromatic N) is 3. The summed E-state index contributed by atoms with van der Waals surface area (Å²) in [6.07, 6.45) is 3.80. The lowest BCUT2D eigenvalue weighted by Crippen LogP contribution is -2.44. The molecule has 1 aromatic heterocycles. The molecule has 0 bridgehead atoms. The van der Waals surface area contributed by atoms with Crippen molar-refractivity contribution in [1.82, 2.24) is 20.4 Å². The van der Waals surface area contributed by atoms with Crippen LogP contribution in [0.15, 0.2) is 22.7 Å². The standard InChI is InChI=1S/C18H20F2N4O2/c19-14-6-5-12(8-15(14)20)13-2-1-7-24(10-13)18(25)21-9-16-22-17(26-23-16)11-3-4-11/h5-6,8,11,13H,1-4,7,9-10H2,(H,21,25)/t13-/m0/s1. The fraction of sp³-hybridized carbons (Fsp3) is 0.500. The van der Waals surface area contributed by atoms with Crippen LogP contribution in [0.2, 0.25) is 0 Å². The molecule has 4 rings (SSSR count). The number of aromatic nitrogens is 2. The van der Waals surface area contributed by atoms with Crippen molar-refractivity contribution >= 4 is 6.03 Å². The quantitative estimate of drug-likeness (QED) is 0.906. The number of nitrogens with one attached hydrogen (secondary N) is 1. The first kappa shape index (κ1) is 16.9. The molecule has 1 atom stereocenters. The van der Waals surface area contributed by atoms with E-state index >= 15 is 0 Å². The number of piperidine rings is 1. The zero-order valence-electron chi connectivity index (χ0n) is 14.3. The van der Waals surface area contributed by atoms with Crippen LogP contribution in [0.25, 0.3) is 0 Å². The minimum atomic E-state index is -0.857. The van der Waals surface area contributed by atoms with Gasteiger partial charge in [0.25, 0.3) is 0 Å². The van der Waals surface area contributed by atoms with Gasteiger partial charge in [-0.2, -0.15) is 4.98 Å². The Bertz CT molecular complexity index is 806. The minimum Gasteiger partial charge on any atom is -0.339 e. The Morgan fingerprint density at radius 2 is 2.08 bits per heavy atom. The lowest BCUT2D eigenvalue weighted by atomic mass is 9.90. The topological polar surface area (TPSA) is 71.3 Å². The smallest absolute Gasteiger partial charge is 0.317 e. The van der Waals surface area contributed by atoms with Crippen LogP contribution in [0, 0.1) is 11.6 Å². The van der Waals surface area contributed by atoms with Crippen LogP contribution in [0.3, 0.4) is 0 Å². The highest BCUT2D eigenvalue weighted by molar-refractivity contribution is 5.74. The van der Waals surface area contributed by atoms with Crippen LogP contribution < -0.4 is 5.32 Å². The molecule has 1 aromatic carbocycles. The number of hydrogen-bond donors (Lipinski definition) is 1. The molecule has 0 unspecified atom stereocenters. The molecule has 2 fully saturated rings. The number of carbonyl (C=O) groups is 1. The van der Waals surface area contributed by atoms with E-state index in [2.05, 4.69) is 15.5 Å². The molecule has 0 spiro atoms. The summed E-state index contributed by atoms with van der Waals surface area (Å²) in [6.45, 7) is 1.31. The Morgan fingerprint density at radius 1 is 1.23 bits per heavy atom.